The summed E-state index contributed by atoms with van der Waals surface area (Å²) in [5.41, 5.74) is -1.49. The van der Waals surface area contributed by atoms with E-state index in [4.69, 9.17) is 9.47 Å². The fourth-order valence-corrected chi connectivity index (χ4v) is 8.50. The van der Waals surface area contributed by atoms with Crippen LogP contribution in [-0.2, 0) is 20.0 Å². The number of aliphatic hydroxyl groups is 2. The third kappa shape index (κ3) is 4.24. The Bertz CT molecular complexity index is 1160. The van der Waals surface area contributed by atoms with Crippen LogP contribution in [0.25, 0.3) is 0 Å². The molecule has 216 valence electrons. The van der Waals surface area contributed by atoms with Crippen molar-refractivity contribution in [3.8, 4) is 0 Å². The number of methoxy groups -OCH3 is 1. The molecule has 6 atom stereocenters. The van der Waals surface area contributed by atoms with Crippen LogP contribution >= 0.6 is 0 Å². The third-order valence-electron chi connectivity index (χ3n) is 11.1. The van der Waals surface area contributed by atoms with Gasteiger partial charge in [-0.15, -0.1) is 0 Å². The van der Waals surface area contributed by atoms with E-state index in [0.29, 0.717) is 32.5 Å². The van der Waals surface area contributed by atoms with Crippen LogP contribution in [0, 0.1) is 17.3 Å². The van der Waals surface area contributed by atoms with Gasteiger partial charge in [-0.3, -0.25) is 14.6 Å². The van der Waals surface area contributed by atoms with Gasteiger partial charge >= 0.3 is 5.97 Å². The number of carbonyl (C=O) groups excluding carboxylic acids is 1. The van der Waals surface area contributed by atoms with Gasteiger partial charge in [0.2, 0.25) is 0 Å². The molecule has 4 aliphatic rings. The minimum atomic E-state index is -1.23. The molecule has 0 bridgehead atoms. The Morgan fingerprint density at radius 1 is 0.950 bits per heavy atom. The topological polar surface area (TPSA) is 82.5 Å². The van der Waals surface area contributed by atoms with Crippen LogP contribution < -0.4 is 0 Å². The molecule has 2 saturated carbocycles. The monoisotopic (exact) mass is 548 g/mol. The number of hydrogen-bond acceptors (Lipinski definition) is 7. The summed E-state index contributed by atoms with van der Waals surface area (Å²) in [7, 11) is 1.70. The Kier molecular flexibility index (Phi) is 7.11. The van der Waals surface area contributed by atoms with Crippen LogP contribution in [0.1, 0.15) is 57.1 Å². The van der Waals surface area contributed by atoms with E-state index in [9.17, 15) is 15.0 Å². The minimum absolute atomic E-state index is 0.0262. The molecule has 2 saturated heterocycles. The summed E-state index contributed by atoms with van der Waals surface area (Å²) >= 11 is 0. The summed E-state index contributed by atoms with van der Waals surface area (Å²) in [5, 5.41) is 24.4. The van der Waals surface area contributed by atoms with Crippen molar-refractivity contribution in [2.24, 2.45) is 17.3 Å². The highest BCUT2D eigenvalue weighted by Crippen LogP contribution is 2.61. The van der Waals surface area contributed by atoms with Crippen molar-refractivity contribution < 1.29 is 24.5 Å². The van der Waals surface area contributed by atoms with Crippen LogP contribution in [0.2, 0.25) is 0 Å². The van der Waals surface area contributed by atoms with Gasteiger partial charge in [-0.1, -0.05) is 67.6 Å². The maximum atomic E-state index is 13.2. The van der Waals surface area contributed by atoms with E-state index in [-0.39, 0.29) is 29.3 Å². The maximum Gasteiger partial charge on any atom is 0.310 e. The van der Waals surface area contributed by atoms with Gasteiger partial charge in [0.05, 0.1) is 17.1 Å². The molecule has 0 amide bonds. The van der Waals surface area contributed by atoms with Gasteiger partial charge in [-0.05, 0) is 39.0 Å². The van der Waals surface area contributed by atoms with Crippen LogP contribution in [0.15, 0.2) is 60.7 Å². The molecule has 7 heteroatoms. The van der Waals surface area contributed by atoms with Crippen molar-refractivity contribution in [2.45, 2.75) is 69.0 Å². The summed E-state index contributed by atoms with van der Waals surface area (Å²) in [6.07, 6.45) is 3.80. The predicted octanol–water partition coefficient (Wildman–Crippen LogP) is 3.78. The standard InChI is InChI=1S/C33H44N2O5/c1-30-15-10-16-31(2,39-3)32(30,37)21-26-27(29(36)40-28(26)22-30)23-34-17-19-35(20-18-34)33(38,24-11-6-4-7-12-24)25-13-8-5-9-14-25/h4-9,11-14,26-28,37-38H,10,15-23H2,1-3H3/t26-,27+,28-,30-,31-,32-/m1/s1. The highest BCUT2D eigenvalue weighted by atomic mass is 16.6. The Morgan fingerprint density at radius 2 is 1.55 bits per heavy atom. The van der Waals surface area contributed by atoms with E-state index in [2.05, 4.69) is 16.7 Å². The molecule has 2 heterocycles. The molecule has 2 aromatic carbocycles. The molecule has 2 aliphatic heterocycles. The SMILES string of the molecule is CO[C@]1(C)CCC[C@]2(C)C[C@H]3OC(=O)[C@@H](CN4CCN(C(O)(c5ccccc5)c5ccccc5)CC4)[C@H]3C[C@@]21O. The van der Waals surface area contributed by atoms with Crippen LogP contribution in [0.3, 0.4) is 0 Å². The van der Waals surface area contributed by atoms with Crippen LogP contribution in [-0.4, -0.2) is 83.1 Å². The minimum Gasteiger partial charge on any atom is -0.462 e. The van der Waals surface area contributed by atoms with Gasteiger partial charge in [0.15, 0.2) is 5.72 Å². The van der Waals surface area contributed by atoms with E-state index in [1.54, 1.807) is 7.11 Å². The van der Waals surface area contributed by atoms with E-state index in [1.807, 2.05) is 67.6 Å². The van der Waals surface area contributed by atoms with Gasteiger partial charge in [0.25, 0.3) is 0 Å². The average Bonchev–Trinajstić information content (AvgIpc) is 3.26. The normalized spacial score (nSPS) is 37.0. The number of esters is 1. The van der Waals surface area contributed by atoms with Crippen LogP contribution in [0.4, 0.5) is 0 Å². The quantitative estimate of drug-likeness (QED) is 0.532. The second-order valence-corrected chi connectivity index (χ2v) is 13.1. The molecular weight excluding hydrogens is 504 g/mol. The fraction of sp³-hybridized carbons (Fsp3) is 0.606. The molecule has 0 unspecified atom stereocenters. The number of rotatable bonds is 6. The fourth-order valence-electron chi connectivity index (χ4n) is 8.50. The van der Waals surface area contributed by atoms with E-state index >= 15 is 0 Å². The molecule has 0 radical (unpaired) electrons. The Morgan fingerprint density at radius 3 is 2.12 bits per heavy atom. The summed E-state index contributed by atoms with van der Waals surface area (Å²) in [5.74, 6) is -0.426. The van der Waals surface area contributed by atoms with Gasteiger partial charge in [0.1, 0.15) is 6.10 Å². The molecular formula is C33H44N2O5. The lowest BCUT2D eigenvalue weighted by Gasteiger charge is -2.62. The first-order chi connectivity index (χ1) is 19.1. The summed E-state index contributed by atoms with van der Waals surface area (Å²) in [6, 6.07) is 19.7. The summed E-state index contributed by atoms with van der Waals surface area (Å²) < 4.78 is 12.0. The number of piperazine rings is 1. The maximum absolute atomic E-state index is 13.2. The van der Waals surface area contributed by atoms with Gasteiger partial charge in [-0.2, -0.15) is 0 Å². The molecule has 7 nitrogen and oxygen atoms in total. The Labute approximate surface area is 238 Å². The molecule has 2 N–H and O–H groups in total. The number of benzene rings is 2. The van der Waals surface area contributed by atoms with Crippen molar-refractivity contribution in [1.82, 2.24) is 9.80 Å². The van der Waals surface area contributed by atoms with E-state index < -0.39 is 16.9 Å². The van der Waals surface area contributed by atoms with Crippen molar-refractivity contribution >= 4 is 5.97 Å². The third-order valence-corrected chi connectivity index (χ3v) is 11.1. The summed E-state index contributed by atoms with van der Waals surface area (Å²) in [4.78, 5) is 17.7. The molecule has 0 aromatic heterocycles. The zero-order chi connectivity index (χ0) is 28.2. The zero-order valence-corrected chi connectivity index (χ0v) is 24.1. The van der Waals surface area contributed by atoms with Crippen LogP contribution in [0.5, 0.6) is 0 Å². The Balaban J connectivity index is 1.18. The number of ether oxygens (including phenoxy) is 2. The van der Waals surface area contributed by atoms with Crippen molar-refractivity contribution in [2.75, 3.05) is 39.8 Å². The lowest BCUT2D eigenvalue weighted by molar-refractivity contribution is -0.270. The first kappa shape index (κ1) is 27.9. The number of hydrogen-bond donors (Lipinski definition) is 2. The predicted molar refractivity (Wildman–Crippen MR) is 152 cm³/mol. The highest BCUT2D eigenvalue weighted by molar-refractivity contribution is 5.75. The second-order valence-electron chi connectivity index (χ2n) is 13.1. The number of fused-ring (bicyclic) bond motifs is 2. The first-order valence-corrected chi connectivity index (χ1v) is 14.9. The molecule has 2 aliphatic carbocycles. The lowest BCUT2D eigenvalue weighted by Crippen LogP contribution is -2.69. The largest absolute Gasteiger partial charge is 0.462 e. The van der Waals surface area contributed by atoms with Gasteiger partial charge < -0.3 is 19.7 Å². The molecule has 6 rings (SSSR count). The molecule has 4 fully saturated rings. The smallest absolute Gasteiger partial charge is 0.310 e. The van der Waals surface area contributed by atoms with Crippen molar-refractivity contribution in [3.05, 3.63) is 71.8 Å². The van der Waals surface area contributed by atoms with Gasteiger partial charge in [0, 0.05) is 62.3 Å². The summed E-state index contributed by atoms with van der Waals surface area (Å²) in [6.45, 7) is 7.61. The number of nitrogens with zero attached hydrogens (tertiary/aromatic N) is 2. The Hall–Kier alpha value is -2.29. The number of carbonyl (C=O) groups is 1. The van der Waals surface area contributed by atoms with E-state index in [1.165, 1.54) is 0 Å². The molecule has 0 spiro atoms. The van der Waals surface area contributed by atoms with Crippen molar-refractivity contribution in [1.29, 1.82) is 0 Å². The average molecular weight is 549 g/mol. The highest BCUT2D eigenvalue weighted by Gasteiger charge is 2.67. The van der Waals surface area contributed by atoms with Crippen molar-refractivity contribution in [3.63, 3.8) is 0 Å². The van der Waals surface area contributed by atoms with Gasteiger partial charge in [-0.25, -0.2) is 0 Å². The second kappa shape index (κ2) is 10.2. The lowest BCUT2D eigenvalue weighted by atomic mass is 9.49. The van der Waals surface area contributed by atoms with E-state index in [0.717, 1.165) is 43.5 Å². The molecule has 40 heavy (non-hydrogen) atoms. The molecule has 2 aromatic rings. The first-order valence-electron chi connectivity index (χ1n) is 14.9. The zero-order valence-electron chi connectivity index (χ0n) is 24.1.